The summed E-state index contributed by atoms with van der Waals surface area (Å²) in [5, 5.41) is 8.58. The predicted octanol–water partition coefficient (Wildman–Crippen LogP) is 4.17. The van der Waals surface area contributed by atoms with Gasteiger partial charge in [0.15, 0.2) is 5.65 Å². The third-order valence-electron chi connectivity index (χ3n) is 5.80. The highest BCUT2D eigenvalue weighted by atomic mass is 16.5. The van der Waals surface area contributed by atoms with Gasteiger partial charge >= 0.3 is 0 Å². The number of benzene rings is 1. The Balaban J connectivity index is 1.64. The molecule has 1 N–H and O–H groups in total. The minimum atomic E-state index is 0.303. The van der Waals surface area contributed by atoms with Crippen molar-refractivity contribution in [3.63, 3.8) is 0 Å². The maximum Gasteiger partial charge on any atom is 0.165 e. The van der Waals surface area contributed by atoms with Crippen molar-refractivity contribution in [2.75, 3.05) is 18.5 Å². The lowest BCUT2D eigenvalue weighted by Crippen LogP contribution is -2.22. The highest BCUT2D eigenvalue weighted by Crippen LogP contribution is 2.33. The van der Waals surface area contributed by atoms with Crippen LogP contribution in [-0.4, -0.2) is 33.9 Å². The molecule has 1 fully saturated rings. The Bertz CT molecular complexity index is 958. The number of rotatable bonds is 4. The van der Waals surface area contributed by atoms with Gasteiger partial charge in [0.1, 0.15) is 5.82 Å². The van der Waals surface area contributed by atoms with E-state index < -0.39 is 0 Å². The van der Waals surface area contributed by atoms with Gasteiger partial charge in [0.2, 0.25) is 0 Å². The lowest BCUT2D eigenvalue weighted by atomic mass is 9.96. The molecule has 1 aliphatic carbocycles. The van der Waals surface area contributed by atoms with Crippen LogP contribution in [0.1, 0.15) is 42.6 Å². The molecular weight excluding hydrogens is 336 g/mol. The summed E-state index contributed by atoms with van der Waals surface area (Å²) in [4.78, 5) is 5.08. The third kappa shape index (κ3) is 3.00. The van der Waals surface area contributed by atoms with Crippen LogP contribution in [0.3, 0.4) is 0 Å². The maximum atomic E-state index is 5.82. The molecular formula is C22H26N4O. The number of anilines is 1. The Morgan fingerprint density at radius 2 is 2.00 bits per heavy atom. The van der Waals surface area contributed by atoms with Crippen LogP contribution in [0.25, 0.3) is 16.8 Å². The quantitative estimate of drug-likeness (QED) is 0.757. The number of nitrogens with zero attached hydrogens (tertiary/aromatic N) is 3. The zero-order chi connectivity index (χ0) is 18.2. The maximum absolute atomic E-state index is 5.82. The fourth-order valence-electron chi connectivity index (χ4n) is 4.44. The molecule has 0 radical (unpaired) electrons. The SMILES string of the molecule is Cc1nn2c(NC[C@@H]3CCCO3)c3c(nc2c1-c1ccccc1)CCCC3. The Kier molecular flexibility index (Phi) is 4.32. The number of aromatic nitrogens is 3. The van der Waals surface area contributed by atoms with Gasteiger partial charge in [-0.3, -0.25) is 0 Å². The average Bonchev–Trinajstić information content (AvgIpc) is 3.33. The van der Waals surface area contributed by atoms with Crippen molar-refractivity contribution in [3.05, 3.63) is 47.3 Å². The molecule has 1 aromatic carbocycles. The van der Waals surface area contributed by atoms with Gasteiger partial charge in [-0.15, -0.1) is 0 Å². The third-order valence-corrected chi connectivity index (χ3v) is 5.80. The lowest BCUT2D eigenvalue weighted by Gasteiger charge is -2.21. The second-order valence-corrected chi connectivity index (χ2v) is 7.67. The molecule has 27 heavy (non-hydrogen) atoms. The molecule has 0 saturated carbocycles. The minimum Gasteiger partial charge on any atom is -0.376 e. The first kappa shape index (κ1) is 16.8. The van der Waals surface area contributed by atoms with Gasteiger partial charge in [0.05, 0.1) is 11.8 Å². The van der Waals surface area contributed by atoms with Crippen LogP contribution in [-0.2, 0) is 17.6 Å². The predicted molar refractivity (Wildman–Crippen MR) is 107 cm³/mol. The Morgan fingerprint density at radius 1 is 1.15 bits per heavy atom. The first-order valence-electron chi connectivity index (χ1n) is 10.1. The van der Waals surface area contributed by atoms with Crippen molar-refractivity contribution in [2.45, 2.75) is 51.6 Å². The summed E-state index contributed by atoms with van der Waals surface area (Å²) >= 11 is 0. The molecule has 5 nitrogen and oxygen atoms in total. The second-order valence-electron chi connectivity index (χ2n) is 7.67. The molecule has 2 aromatic heterocycles. The van der Waals surface area contributed by atoms with Crippen LogP contribution in [0.2, 0.25) is 0 Å². The van der Waals surface area contributed by atoms with Gasteiger partial charge in [-0.2, -0.15) is 9.61 Å². The summed E-state index contributed by atoms with van der Waals surface area (Å²) in [6.07, 6.45) is 7.17. The number of ether oxygens (including phenoxy) is 1. The number of aryl methyl sites for hydroxylation is 2. The number of hydrogen-bond donors (Lipinski definition) is 1. The fourth-order valence-corrected chi connectivity index (χ4v) is 4.44. The van der Waals surface area contributed by atoms with Gasteiger partial charge in [0, 0.05) is 30.0 Å². The molecule has 5 rings (SSSR count). The molecule has 0 unspecified atom stereocenters. The molecule has 0 amide bonds. The standard InChI is InChI=1S/C22H26N4O/c1-15-20(16-8-3-2-4-9-16)22-24-19-12-6-5-11-18(19)21(26(22)25-15)23-14-17-10-7-13-27-17/h2-4,8-9,17,23H,5-7,10-14H2,1H3/t17-/m0/s1. The van der Waals surface area contributed by atoms with Crippen LogP contribution in [0, 0.1) is 6.92 Å². The molecule has 3 aromatic rings. The van der Waals surface area contributed by atoms with E-state index in [1.807, 2.05) is 4.52 Å². The van der Waals surface area contributed by atoms with Gasteiger partial charge in [-0.05, 0) is 51.0 Å². The van der Waals surface area contributed by atoms with Crippen LogP contribution in [0.4, 0.5) is 5.82 Å². The summed E-state index contributed by atoms with van der Waals surface area (Å²) in [6, 6.07) is 10.5. The normalized spacial score (nSPS) is 19.4. The van der Waals surface area contributed by atoms with E-state index in [0.29, 0.717) is 6.10 Å². The molecule has 0 bridgehead atoms. The highest BCUT2D eigenvalue weighted by Gasteiger charge is 2.24. The number of fused-ring (bicyclic) bond motifs is 2. The minimum absolute atomic E-state index is 0.303. The van der Waals surface area contributed by atoms with E-state index in [9.17, 15) is 0 Å². The van der Waals surface area contributed by atoms with Gasteiger partial charge in [-0.1, -0.05) is 30.3 Å². The van der Waals surface area contributed by atoms with Crippen molar-refractivity contribution in [1.82, 2.24) is 14.6 Å². The summed E-state index contributed by atoms with van der Waals surface area (Å²) < 4.78 is 7.86. The van der Waals surface area contributed by atoms with E-state index in [1.54, 1.807) is 0 Å². The topological polar surface area (TPSA) is 51.5 Å². The molecule has 0 spiro atoms. The van der Waals surface area contributed by atoms with E-state index in [4.69, 9.17) is 14.8 Å². The van der Waals surface area contributed by atoms with E-state index in [1.165, 1.54) is 29.7 Å². The molecule has 1 aliphatic heterocycles. The van der Waals surface area contributed by atoms with Crippen molar-refractivity contribution in [3.8, 4) is 11.1 Å². The Labute approximate surface area is 159 Å². The van der Waals surface area contributed by atoms with Crippen LogP contribution >= 0.6 is 0 Å². The molecule has 3 heterocycles. The number of nitrogens with one attached hydrogen (secondary N) is 1. The molecule has 5 heteroatoms. The molecule has 2 aliphatic rings. The van der Waals surface area contributed by atoms with E-state index >= 15 is 0 Å². The second kappa shape index (κ2) is 6.97. The van der Waals surface area contributed by atoms with Crippen LogP contribution in [0.5, 0.6) is 0 Å². The van der Waals surface area contributed by atoms with E-state index in [2.05, 4.69) is 42.6 Å². The summed E-state index contributed by atoms with van der Waals surface area (Å²) in [5.74, 6) is 1.12. The van der Waals surface area contributed by atoms with E-state index in [-0.39, 0.29) is 0 Å². The zero-order valence-electron chi connectivity index (χ0n) is 15.9. The Morgan fingerprint density at radius 3 is 2.81 bits per heavy atom. The van der Waals surface area contributed by atoms with Crippen LogP contribution in [0.15, 0.2) is 30.3 Å². The van der Waals surface area contributed by atoms with Crippen LogP contribution < -0.4 is 5.32 Å². The van der Waals surface area contributed by atoms with Gasteiger partial charge in [0.25, 0.3) is 0 Å². The summed E-state index contributed by atoms with van der Waals surface area (Å²) in [6.45, 7) is 3.81. The summed E-state index contributed by atoms with van der Waals surface area (Å²) in [7, 11) is 0. The molecule has 1 saturated heterocycles. The largest absolute Gasteiger partial charge is 0.376 e. The zero-order valence-corrected chi connectivity index (χ0v) is 15.9. The van der Waals surface area contributed by atoms with Crippen molar-refractivity contribution < 1.29 is 4.74 Å². The molecule has 1 atom stereocenters. The first-order chi connectivity index (χ1) is 13.3. The van der Waals surface area contributed by atoms with Gasteiger partial charge in [-0.25, -0.2) is 4.98 Å². The Hall–Kier alpha value is -2.40. The monoisotopic (exact) mass is 362 g/mol. The van der Waals surface area contributed by atoms with E-state index in [0.717, 1.165) is 61.6 Å². The fraction of sp³-hybridized carbons (Fsp3) is 0.455. The first-order valence-corrected chi connectivity index (χ1v) is 10.1. The van der Waals surface area contributed by atoms with Crippen molar-refractivity contribution in [1.29, 1.82) is 0 Å². The average molecular weight is 362 g/mol. The highest BCUT2D eigenvalue weighted by molar-refractivity contribution is 5.81. The lowest BCUT2D eigenvalue weighted by molar-refractivity contribution is 0.120. The van der Waals surface area contributed by atoms with Crippen molar-refractivity contribution >= 4 is 11.5 Å². The van der Waals surface area contributed by atoms with Gasteiger partial charge < -0.3 is 10.1 Å². The van der Waals surface area contributed by atoms with Crippen molar-refractivity contribution in [2.24, 2.45) is 0 Å². The smallest absolute Gasteiger partial charge is 0.165 e. The molecule has 140 valence electrons. The summed E-state index contributed by atoms with van der Waals surface area (Å²) in [5.41, 5.74) is 6.89. The number of hydrogen-bond acceptors (Lipinski definition) is 4.